The van der Waals surface area contributed by atoms with E-state index in [2.05, 4.69) is 65.0 Å². The summed E-state index contributed by atoms with van der Waals surface area (Å²) in [5.41, 5.74) is 13.7. The minimum absolute atomic E-state index is 0.00522. The van der Waals surface area contributed by atoms with Crippen molar-refractivity contribution in [1.29, 1.82) is 0 Å². The molecule has 16 nitrogen and oxygen atoms in total. The molecule has 5 aliphatic rings. The second-order valence-electron chi connectivity index (χ2n) is 18.3. The van der Waals surface area contributed by atoms with Crippen LogP contribution in [-0.2, 0) is 42.5 Å². The zero-order valence-electron chi connectivity index (χ0n) is 37.4. The number of nitrogens with one attached hydrogen (secondary N) is 3. The molecule has 16 heteroatoms. The molecule has 6 atom stereocenters. The van der Waals surface area contributed by atoms with E-state index in [4.69, 9.17) is 34.7 Å². The Bertz CT molecular complexity index is 2530. The SMILES string of the molecule is COC(=O)N[C@H](C(=O)N1[C@@H](C)CC[C@H]1C1=Nc2ccc3cc4c(cc3c2C1)OCc1cc(-c2cnc([C@]3(N)CC[C@H](C)N3C(=O)[C@@H](NC(=O)OC)C3CCOCC3)[nH]2)ccc1-4)C(C)C. The number of aromatic nitrogens is 2. The number of hydrogen-bond donors (Lipinski definition) is 4. The van der Waals surface area contributed by atoms with Crippen LogP contribution < -0.4 is 21.1 Å². The average Bonchev–Trinajstić information content (AvgIpc) is 4.12. The molecule has 3 aromatic carbocycles. The molecule has 64 heavy (non-hydrogen) atoms. The number of carbonyl (C=O) groups excluding carboxylic acids is 4. The number of alkyl carbamates (subject to hydrolysis) is 2. The van der Waals surface area contributed by atoms with Crippen molar-refractivity contribution in [2.45, 2.75) is 115 Å². The summed E-state index contributed by atoms with van der Waals surface area (Å²) in [5, 5.41) is 7.70. The molecule has 0 unspecified atom stereocenters. The average molecular weight is 875 g/mol. The number of hydrogen-bond acceptors (Lipinski definition) is 11. The van der Waals surface area contributed by atoms with E-state index in [0.29, 0.717) is 57.7 Å². The van der Waals surface area contributed by atoms with Gasteiger partial charge < -0.3 is 50.1 Å². The van der Waals surface area contributed by atoms with Crippen molar-refractivity contribution in [3.05, 3.63) is 65.6 Å². The molecule has 5 N–H and O–H groups in total. The van der Waals surface area contributed by atoms with Crippen molar-refractivity contribution in [2.24, 2.45) is 22.6 Å². The predicted molar refractivity (Wildman–Crippen MR) is 240 cm³/mol. The highest BCUT2D eigenvalue weighted by Crippen LogP contribution is 2.46. The molecule has 0 radical (unpaired) electrons. The zero-order chi connectivity index (χ0) is 45.0. The largest absolute Gasteiger partial charge is 0.488 e. The van der Waals surface area contributed by atoms with Gasteiger partial charge in [0.15, 0.2) is 5.66 Å². The maximum Gasteiger partial charge on any atom is 0.407 e. The van der Waals surface area contributed by atoms with Gasteiger partial charge in [-0.2, -0.15) is 0 Å². The van der Waals surface area contributed by atoms with Gasteiger partial charge in [-0.15, -0.1) is 0 Å². The lowest BCUT2D eigenvalue weighted by Gasteiger charge is -2.40. The molecule has 9 rings (SSSR count). The van der Waals surface area contributed by atoms with Crippen LogP contribution in [0, 0.1) is 11.8 Å². The highest BCUT2D eigenvalue weighted by atomic mass is 16.5. The fourth-order valence-corrected chi connectivity index (χ4v) is 10.6. The lowest BCUT2D eigenvalue weighted by Crippen LogP contribution is -2.61. The normalized spacial score (nSPS) is 23.8. The van der Waals surface area contributed by atoms with Gasteiger partial charge in [-0.25, -0.2) is 14.6 Å². The van der Waals surface area contributed by atoms with E-state index in [-0.39, 0.29) is 41.8 Å². The molecule has 1 aromatic heterocycles. The van der Waals surface area contributed by atoms with Crippen molar-refractivity contribution < 1.29 is 38.1 Å². The van der Waals surface area contributed by atoms with Crippen LogP contribution in [0.1, 0.15) is 83.2 Å². The monoisotopic (exact) mass is 874 g/mol. The summed E-state index contributed by atoms with van der Waals surface area (Å²) in [4.78, 5) is 70.0. The molecular formula is C48H58N8O8. The second-order valence-corrected chi connectivity index (χ2v) is 18.3. The Morgan fingerprint density at radius 3 is 2.42 bits per heavy atom. The van der Waals surface area contributed by atoms with E-state index >= 15 is 0 Å². The molecule has 6 heterocycles. The van der Waals surface area contributed by atoms with Crippen LogP contribution in [-0.4, -0.2) is 107 Å². The molecule has 3 fully saturated rings. The Hall–Kier alpha value is -6.00. The summed E-state index contributed by atoms with van der Waals surface area (Å²) in [6, 6.07) is 12.9. The van der Waals surface area contributed by atoms with Crippen molar-refractivity contribution >= 4 is 46.2 Å². The van der Waals surface area contributed by atoms with Crippen molar-refractivity contribution in [1.82, 2.24) is 30.4 Å². The number of methoxy groups -OCH3 is 2. The fourth-order valence-electron chi connectivity index (χ4n) is 10.6. The predicted octanol–water partition coefficient (Wildman–Crippen LogP) is 6.45. The van der Waals surface area contributed by atoms with Gasteiger partial charge in [0.2, 0.25) is 11.8 Å². The van der Waals surface area contributed by atoms with Gasteiger partial charge in [-0.05, 0) is 121 Å². The maximum atomic E-state index is 14.4. The quantitative estimate of drug-likeness (QED) is 0.145. The number of aromatic amines is 1. The lowest BCUT2D eigenvalue weighted by atomic mass is 9.90. The molecule has 4 aromatic rings. The van der Waals surface area contributed by atoms with E-state index in [1.54, 1.807) is 11.1 Å². The van der Waals surface area contributed by atoms with Crippen LogP contribution in [0.15, 0.2) is 53.7 Å². The van der Waals surface area contributed by atoms with Crippen LogP contribution >= 0.6 is 0 Å². The van der Waals surface area contributed by atoms with Gasteiger partial charge in [0.1, 0.15) is 30.3 Å². The highest BCUT2D eigenvalue weighted by Gasteiger charge is 2.51. The first-order valence-electron chi connectivity index (χ1n) is 22.5. The summed E-state index contributed by atoms with van der Waals surface area (Å²) in [7, 11) is 2.59. The third-order valence-corrected chi connectivity index (χ3v) is 14.1. The van der Waals surface area contributed by atoms with Crippen molar-refractivity contribution in [2.75, 3.05) is 27.4 Å². The highest BCUT2D eigenvalue weighted by molar-refractivity contribution is 6.06. The molecule has 0 aliphatic carbocycles. The summed E-state index contributed by atoms with van der Waals surface area (Å²) in [6.45, 7) is 9.27. The smallest absolute Gasteiger partial charge is 0.407 e. The number of nitrogens with two attached hydrogens (primary N) is 1. The van der Waals surface area contributed by atoms with Crippen molar-refractivity contribution in [3.63, 3.8) is 0 Å². The molecule has 338 valence electrons. The number of rotatable bonds is 9. The van der Waals surface area contributed by atoms with Crippen LogP contribution in [0.3, 0.4) is 0 Å². The van der Waals surface area contributed by atoms with E-state index in [1.165, 1.54) is 14.2 Å². The number of ether oxygens (including phenoxy) is 4. The Morgan fingerprint density at radius 1 is 0.906 bits per heavy atom. The number of amides is 4. The van der Waals surface area contributed by atoms with Crippen LogP contribution in [0.5, 0.6) is 5.75 Å². The molecule has 5 aliphatic heterocycles. The summed E-state index contributed by atoms with van der Waals surface area (Å²) in [5.74, 6) is 0.656. The van der Waals surface area contributed by atoms with Gasteiger partial charge in [0.05, 0.1) is 37.8 Å². The standard InChI is InChI=1S/C48H58N8O8/c1-25(2)41(53-46(59)61-5)43(57)55-26(3)7-12-39(55)37-21-34-33-22-40-35(20-29(33)9-11-36(34)51-37)32-10-8-30(19-31(32)24-64-40)38-23-50-45(52-38)48(49)16-13-27(4)56(48)44(58)42(54-47(60)62-6)28-14-17-63-18-15-28/h8-11,19-20,22-23,25-28,39,41-42H,7,12-18,21,24,49H2,1-6H3,(H,50,52)(H,53,59)(H,54,60)/t26-,27-,39-,41-,42-,48-/m0/s1. The third-order valence-electron chi connectivity index (χ3n) is 14.1. The topological polar surface area (TPSA) is 203 Å². The number of benzene rings is 3. The van der Waals surface area contributed by atoms with E-state index in [9.17, 15) is 19.2 Å². The second kappa shape index (κ2) is 17.2. The van der Waals surface area contributed by atoms with E-state index in [1.807, 2.05) is 25.7 Å². The maximum absolute atomic E-state index is 14.4. The Balaban J connectivity index is 0.945. The molecule has 0 spiro atoms. The lowest BCUT2D eigenvalue weighted by molar-refractivity contribution is -0.143. The Morgan fingerprint density at radius 2 is 1.67 bits per heavy atom. The minimum atomic E-state index is -1.22. The molecule has 3 saturated heterocycles. The van der Waals surface area contributed by atoms with Gasteiger partial charge in [-0.3, -0.25) is 14.6 Å². The van der Waals surface area contributed by atoms with Gasteiger partial charge >= 0.3 is 12.2 Å². The van der Waals surface area contributed by atoms with E-state index in [0.717, 1.165) is 74.3 Å². The first-order valence-corrected chi connectivity index (χ1v) is 22.5. The van der Waals surface area contributed by atoms with Gasteiger partial charge in [0, 0.05) is 43.0 Å². The Labute approximate surface area is 372 Å². The summed E-state index contributed by atoms with van der Waals surface area (Å²) in [6.07, 6.45) is 5.18. The number of nitrogens with zero attached hydrogens (tertiary/aromatic N) is 4. The molecule has 0 bridgehead atoms. The van der Waals surface area contributed by atoms with Gasteiger partial charge in [-0.1, -0.05) is 32.0 Å². The number of likely N-dealkylation sites (tertiary alicyclic amines) is 2. The first-order chi connectivity index (χ1) is 30.8. The molecule has 4 amide bonds. The number of aliphatic imine (C=N–C) groups is 1. The Kier molecular flexibility index (Phi) is 11.6. The summed E-state index contributed by atoms with van der Waals surface area (Å²) >= 11 is 0. The molecule has 0 saturated carbocycles. The minimum Gasteiger partial charge on any atom is -0.488 e. The van der Waals surface area contributed by atoms with E-state index < -0.39 is 29.9 Å². The fraction of sp³-hybridized carbons (Fsp3) is 0.500. The van der Waals surface area contributed by atoms with Crippen LogP contribution in [0.25, 0.3) is 33.2 Å². The number of fused-ring (bicyclic) bond motifs is 6. The van der Waals surface area contributed by atoms with Crippen LogP contribution in [0.2, 0.25) is 0 Å². The molecular weight excluding hydrogens is 817 g/mol. The zero-order valence-corrected chi connectivity index (χ0v) is 37.4. The van der Waals surface area contributed by atoms with Gasteiger partial charge in [0.25, 0.3) is 0 Å². The number of imidazole rings is 1. The van der Waals surface area contributed by atoms with Crippen LogP contribution in [0.4, 0.5) is 15.3 Å². The van der Waals surface area contributed by atoms with Crippen molar-refractivity contribution in [3.8, 4) is 28.1 Å². The third kappa shape index (κ3) is 7.63. The summed E-state index contributed by atoms with van der Waals surface area (Å²) < 4.78 is 21.8. The number of H-pyrrole nitrogens is 1. The number of carbonyl (C=O) groups is 4. The first kappa shape index (κ1) is 43.3.